The Kier molecular flexibility index (Phi) is 4.98. The van der Waals surface area contributed by atoms with Gasteiger partial charge < -0.3 is 14.2 Å². The van der Waals surface area contributed by atoms with Gasteiger partial charge in [0.15, 0.2) is 0 Å². The number of esters is 1. The molecule has 0 unspecified atom stereocenters. The molecule has 0 N–H and O–H groups in total. The summed E-state index contributed by atoms with van der Waals surface area (Å²) in [6.45, 7) is 6.94. The molecule has 1 aliphatic heterocycles. The molecule has 1 fully saturated rings. The zero-order chi connectivity index (χ0) is 15.4. The van der Waals surface area contributed by atoms with E-state index in [2.05, 4.69) is 5.16 Å². The highest BCUT2D eigenvalue weighted by Crippen LogP contribution is 2.20. The predicted octanol–water partition coefficient (Wildman–Crippen LogP) is 1.64. The van der Waals surface area contributed by atoms with Gasteiger partial charge in [0.1, 0.15) is 5.76 Å². The molecule has 116 valence electrons. The summed E-state index contributed by atoms with van der Waals surface area (Å²) in [4.78, 5) is 26.0. The highest BCUT2D eigenvalue weighted by atomic mass is 16.5. The van der Waals surface area contributed by atoms with Crippen molar-refractivity contribution < 1.29 is 18.8 Å². The van der Waals surface area contributed by atoms with Crippen molar-refractivity contribution in [1.82, 2.24) is 10.1 Å². The predicted molar refractivity (Wildman–Crippen MR) is 75.6 cm³/mol. The van der Waals surface area contributed by atoms with E-state index >= 15 is 0 Å². The van der Waals surface area contributed by atoms with E-state index in [1.165, 1.54) is 0 Å². The largest absolute Gasteiger partial charge is 0.466 e. The van der Waals surface area contributed by atoms with Gasteiger partial charge in [0.2, 0.25) is 5.91 Å². The average Bonchev–Trinajstić information content (AvgIpc) is 2.79. The van der Waals surface area contributed by atoms with Crippen LogP contribution in [0.5, 0.6) is 0 Å². The smallest absolute Gasteiger partial charge is 0.310 e. The highest BCUT2D eigenvalue weighted by Gasteiger charge is 2.29. The molecule has 0 bridgehead atoms. The summed E-state index contributed by atoms with van der Waals surface area (Å²) in [5, 5.41) is 3.86. The number of amides is 1. The molecule has 0 aliphatic carbocycles. The monoisotopic (exact) mass is 294 g/mol. The normalized spacial score (nSPS) is 18.6. The van der Waals surface area contributed by atoms with E-state index in [0.717, 1.165) is 24.1 Å². The van der Waals surface area contributed by atoms with Crippen molar-refractivity contribution in [3.05, 3.63) is 17.0 Å². The van der Waals surface area contributed by atoms with Gasteiger partial charge in [-0.25, -0.2) is 0 Å². The maximum absolute atomic E-state index is 12.4. The van der Waals surface area contributed by atoms with Gasteiger partial charge in [0, 0.05) is 18.7 Å². The quantitative estimate of drug-likeness (QED) is 0.789. The highest BCUT2D eigenvalue weighted by molar-refractivity contribution is 5.80. The number of nitrogens with zero attached hydrogens (tertiary/aromatic N) is 2. The number of aromatic nitrogens is 1. The summed E-state index contributed by atoms with van der Waals surface area (Å²) in [5.74, 6) is 0.290. The first-order chi connectivity index (χ1) is 10.0. The summed E-state index contributed by atoms with van der Waals surface area (Å²) in [6.07, 6.45) is 1.89. The lowest BCUT2D eigenvalue weighted by atomic mass is 9.97. The van der Waals surface area contributed by atoms with E-state index in [0.29, 0.717) is 25.5 Å². The number of rotatable bonds is 4. The molecule has 1 aliphatic rings. The fourth-order valence-electron chi connectivity index (χ4n) is 2.67. The zero-order valence-corrected chi connectivity index (χ0v) is 12.8. The van der Waals surface area contributed by atoms with E-state index in [1.54, 1.807) is 18.7 Å². The standard InChI is InChI=1S/C15H22N2O4/c1-4-20-15(19)12-6-5-7-17(9-12)14(18)8-13-10(2)16-21-11(13)3/h12H,4-9H2,1-3H3/t12-/m1/s1. The fourth-order valence-corrected chi connectivity index (χ4v) is 2.67. The Morgan fingerprint density at radius 1 is 1.43 bits per heavy atom. The number of likely N-dealkylation sites (tertiary alicyclic amines) is 1. The van der Waals surface area contributed by atoms with Gasteiger partial charge in [-0.15, -0.1) is 0 Å². The van der Waals surface area contributed by atoms with Gasteiger partial charge in [0.05, 0.1) is 24.6 Å². The molecule has 2 rings (SSSR count). The molecular weight excluding hydrogens is 272 g/mol. The number of carbonyl (C=O) groups excluding carboxylic acids is 2. The minimum absolute atomic E-state index is 0.0124. The Balaban J connectivity index is 1.98. The van der Waals surface area contributed by atoms with E-state index in [9.17, 15) is 9.59 Å². The second kappa shape index (κ2) is 6.74. The van der Waals surface area contributed by atoms with Crippen LogP contribution in [0.2, 0.25) is 0 Å². The first-order valence-electron chi connectivity index (χ1n) is 7.39. The zero-order valence-electron chi connectivity index (χ0n) is 12.8. The topological polar surface area (TPSA) is 72.6 Å². The lowest BCUT2D eigenvalue weighted by Crippen LogP contribution is -2.43. The Morgan fingerprint density at radius 2 is 2.19 bits per heavy atom. The second-order valence-corrected chi connectivity index (χ2v) is 5.41. The minimum atomic E-state index is -0.202. The molecule has 6 heteroatoms. The summed E-state index contributed by atoms with van der Waals surface area (Å²) >= 11 is 0. The van der Waals surface area contributed by atoms with Crippen LogP contribution in [0.1, 0.15) is 36.8 Å². The number of hydrogen-bond donors (Lipinski definition) is 0. The Labute approximate surface area is 124 Å². The SMILES string of the molecule is CCOC(=O)[C@@H]1CCCN(C(=O)Cc2c(C)noc2C)C1. The van der Waals surface area contributed by atoms with Crippen LogP contribution in [0.4, 0.5) is 0 Å². The van der Waals surface area contributed by atoms with Crippen molar-refractivity contribution in [2.45, 2.75) is 40.0 Å². The number of ether oxygens (including phenoxy) is 1. The Bertz CT molecular complexity index is 504. The van der Waals surface area contributed by atoms with Crippen LogP contribution in [-0.2, 0) is 20.7 Å². The first-order valence-corrected chi connectivity index (χ1v) is 7.39. The van der Waals surface area contributed by atoms with Crippen molar-refractivity contribution >= 4 is 11.9 Å². The van der Waals surface area contributed by atoms with Gasteiger partial charge in [0.25, 0.3) is 0 Å². The number of hydrogen-bond acceptors (Lipinski definition) is 5. The fraction of sp³-hybridized carbons (Fsp3) is 0.667. The van der Waals surface area contributed by atoms with Gasteiger partial charge >= 0.3 is 5.97 Å². The lowest BCUT2D eigenvalue weighted by Gasteiger charge is -2.31. The molecule has 0 radical (unpaired) electrons. The molecule has 0 saturated carbocycles. The maximum Gasteiger partial charge on any atom is 0.310 e. The third-order valence-electron chi connectivity index (χ3n) is 3.90. The van der Waals surface area contributed by atoms with Crippen LogP contribution >= 0.6 is 0 Å². The lowest BCUT2D eigenvalue weighted by molar-refractivity contribution is -0.151. The van der Waals surface area contributed by atoms with Crippen molar-refractivity contribution in [2.75, 3.05) is 19.7 Å². The van der Waals surface area contributed by atoms with Crippen molar-refractivity contribution in [1.29, 1.82) is 0 Å². The molecule has 1 amide bonds. The summed E-state index contributed by atoms with van der Waals surface area (Å²) in [7, 11) is 0. The Morgan fingerprint density at radius 3 is 2.81 bits per heavy atom. The van der Waals surface area contributed by atoms with E-state index in [4.69, 9.17) is 9.26 Å². The maximum atomic E-state index is 12.4. The Hall–Kier alpha value is -1.85. The molecule has 1 aromatic rings. The van der Waals surface area contributed by atoms with Crippen molar-refractivity contribution in [3.8, 4) is 0 Å². The van der Waals surface area contributed by atoms with Crippen LogP contribution in [-0.4, -0.2) is 41.6 Å². The minimum Gasteiger partial charge on any atom is -0.466 e. The molecule has 2 heterocycles. The van der Waals surface area contributed by atoms with E-state index in [1.807, 2.05) is 6.92 Å². The van der Waals surface area contributed by atoms with Crippen molar-refractivity contribution in [2.24, 2.45) is 5.92 Å². The second-order valence-electron chi connectivity index (χ2n) is 5.41. The molecule has 1 atom stereocenters. The molecular formula is C15H22N2O4. The molecule has 21 heavy (non-hydrogen) atoms. The van der Waals surface area contributed by atoms with Crippen LogP contribution < -0.4 is 0 Å². The van der Waals surface area contributed by atoms with E-state index in [-0.39, 0.29) is 24.2 Å². The summed E-state index contributed by atoms with van der Waals surface area (Å²) in [5.41, 5.74) is 1.60. The van der Waals surface area contributed by atoms with Crippen LogP contribution in [0.25, 0.3) is 0 Å². The average molecular weight is 294 g/mol. The molecule has 0 aromatic carbocycles. The van der Waals surface area contributed by atoms with Gasteiger partial charge in [-0.05, 0) is 33.6 Å². The summed E-state index contributed by atoms with van der Waals surface area (Å²) < 4.78 is 10.1. The van der Waals surface area contributed by atoms with Crippen molar-refractivity contribution in [3.63, 3.8) is 0 Å². The number of carbonyl (C=O) groups is 2. The molecule has 0 spiro atoms. The molecule has 1 saturated heterocycles. The third-order valence-corrected chi connectivity index (χ3v) is 3.90. The first kappa shape index (κ1) is 15.5. The van der Waals surface area contributed by atoms with Gasteiger partial charge in [-0.1, -0.05) is 5.16 Å². The van der Waals surface area contributed by atoms with Crippen LogP contribution in [0, 0.1) is 19.8 Å². The number of piperidine rings is 1. The van der Waals surface area contributed by atoms with Crippen LogP contribution in [0.3, 0.4) is 0 Å². The number of aryl methyl sites for hydroxylation is 2. The van der Waals surface area contributed by atoms with Gasteiger partial charge in [-0.3, -0.25) is 9.59 Å². The summed E-state index contributed by atoms with van der Waals surface area (Å²) in [6, 6.07) is 0. The van der Waals surface area contributed by atoms with Gasteiger partial charge in [-0.2, -0.15) is 0 Å². The molecule has 6 nitrogen and oxygen atoms in total. The van der Waals surface area contributed by atoms with Crippen LogP contribution in [0.15, 0.2) is 4.52 Å². The third kappa shape index (κ3) is 3.62. The molecule has 1 aromatic heterocycles. The van der Waals surface area contributed by atoms with E-state index < -0.39 is 0 Å².